The number of hydrogen-bond acceptors (Lipinski definition) is 4. The van der Waals surface area contributed by atoms with Crippen molar-refractivity contribution >= 4 is 54.3 Å². The fourth-order valence-electron chi connectivity index (χ4n) is 2.99. The van der Waals surface area contributed by atoms with Crippen molar-refractivity contribution in [3.63, 3.8) is 0 Å². The zero-order valence-electron chi connectivity index (χ0n) is 12.1. The van der Waals surface area contributed by atoms with Crippen LogP contribution < -0.4 is 0 Å². The van der Waals surface area contributed by atoms with Crippen LogP contribution >= 0.6 is 31.9 Å². The Morgan fingerprint density at radius 2 is 1.67 bits per heavy atom. The molecule has 118 valence electrons. The number of rotatable bonds is 1. The van der Waals surface area contributed by atoms with Crippen LogP contribution in [0.2, 0.25) is 0 Å². The van der Waals surface area contributed by atoms with E-state index in [0.717, 1.165) is 9.86 Å². The second-order valence-corrected chi connectivity index (χ2v) is 7.24. The van der Waals surface area contributed by atoms with Crippen LogP contribution in [0, 0.1) is 0 Å². The van der Waals surface area contributed by atoms with Crippen molar-refractivity contribution in [1.82, 2.24) is 4.98 Å². The number of fused-ring (bicyclic) bond motifs is 2. The highest BCUT2D eigenvalue weighted by Gasteiger charge is 2.42. The Morgan fingerprint density at radius 3 is 2.46 bits per heavy atom. The zero-order chi connectivity index (χ0) is 17.0. The number of aromatic hydroxyl groups is 1. The average molecular weight is 447 g/mol. The molecule has 0 spiro atoms. The number of halogens is 2. The predicted molar refractivity (Wildman–Crippen MR) is 96.7 cm³/mol. The van der Waals surface area contributed by atoms with Crippen molar-refractivity contribution in [2.75, 3.05) is 0 Å². The van der Waals surface area contributed by atoms with Gasteiger partial charge in [-0.15, -0.1) is 0 Å². The molecule has 4 nitrogen and oxygen atoms in total. The van der Waals surface area contributed by atoms with E-state index in [0.29, 0.717) is 21.1 Å². The number of Topliss-reactive ketones (excluding diaryl/α,β-unsaturated/α-hetero) is 2. The van der Waals surface area contributed by atoms with Gasteiger partial charge < -0.3 is 5.11 Å². The molecule has 1 aliphatic carbocycles. The molecular formula is C18H9Br2NO3. The van der Waals surface area contributed by atoms with Gasteiger partial charge in [-0.1, -0.05) is 34.1 Å². The van der Waals surface area contributed by atoms with Gasteiger partial charge in [0.25, 0.3) is 0 Å². The van der Waals surface area contributed by atoms with Crippen LogP contribution in [0.3, 0.4) is 0 Å². The molecule has 3 aromatic rings. The number of aromatic nitrogens is 1. The van der Waals surface area contributed by atoms with Gasteiger partial charge in [0.2, 0.25) is 0 Å². The van der Waals surface area contributed by atoms with Crippen LogP contribution in [-0.2, 0) is 0 Å². The minimum atomic E-state index is -1.12. The van der Waals surface area contributed by atoms with Crippen molar-refractivity contribution in [2.24, 2.45) is 0 Å². The summed E-state index contributed by atoms with van der Waals surface area (Å²) in [6, 6.07) is 12.2. The second kappa shape index (κ2) is 5.50. The first-order chi connectivity index (χ1) is 11.5. The Bertz CT molecular complexity index is 1050. The normalized spacial score (nSPS) is 16.7. The summed E-state index contributed by atoms with van der Waals surface area (Å²) in [5, 5.41) is 11.2. The van der Waals surface area contributed by atoms with E-state index in [9.17, 15) is 14.7 Å². The minimum Gasteiger partial charge on any atom is -0.505 e. The number of carbonyl (C=O) groups excluding carboxylic acids is 2. The topological polar surface area (TPSA) is 67.3 Å². The SMILES string of the molecule is O=C1c2ccc(Br)cc2C(=O)C1c1nc2ccccc2c(Br)c1O. The van der Waals surface area contributed by atoms with Crippen molar-refractivity contribution in [3.05, 3.63) is 68.2 Å². The number of ketones is 2. The van der Waals surface area contributed by atoms with E-state index in [-0.39, 0.29) is 23.0 Å². The maximum Gasteiger partial charge on any atom is 0.180 e. The number of nitrogens with zero attached hydrogens (tertiary/aromatic N) is 1. The monoisotopic (exact) mass is 445 g/mol. The van der Waals surface area contributed by atoms with Gasteiger partial charge in [0.1, 0.15) is 11.6 Å². The number of benzene rings is 2. The second-order valence-electron chi connectivity index (χ2n) is 5.53. The molecule has 0 bridgehead atoms. The predicted octanol–water partition coefficient (Wildman–Crippen LogP) is 4.63. The lowest BCUT2D eigenvalue weighted by Crippen LogP contribution is -2.15. The van der Waals surface area contributed by atoms with Crippen LogP contribution in [0.5, 0.6) is 5.75 Å². The van der Waals surface area contributed by atoms with Crippen LogP contribution in [0.1, 0.15) is 32.3 Å². The van der Waals surface area contributed by atoms with Gasteiger partial charge in [0.15, 0.2) is 17.3 Å². The van der Waals surface area contributed by atoms with E-state index in [1.165, 1.54) is 0 Å². The highest BCUT2D eigenvalue weighted by molar-refractivity contribution is 9.11. The van der Waals surface area contributed by atoms with Gasteiger partial charge in [-0.25, -0.2) is 4.98 Å². The first-order valence-corrected chi connectivity index (χ1v) is 8.72. The summed E-state index contributed by atoms with van der Waals surface area (Å²) < 4.78 is 1.15. The molecular weight excluding hydrogens is 438 g/mol. The smallest absolute Gasteiger partial charge is 0.180 e. The van der Waals surface area contributed by atoms with E-state index in [2.05, 4.69) is 36.8 Å². The molecule has 6 heteroatoms. The van der Waals surface area contributed by atoms with Gasteiger partial charge in [-0.05, 0) is 40.2 Å². The minimum absolute atomic E-state index is 0.0860. The van der Waals surface area contributed by atoms with Crippen molar-refractivity contribution < 1.29 is 14.7 Å². The highest BCUT2D eigenvalue weighted by atomic mass is 79.9. The third-order valence-electron chi connectivity index (χ3n) is 4.14. The molecule has 1 N–H and O–H groups in total. The Hall–Kier alpha value is -2.05. The molecule has 0 saturated heterocycles. The Labute approximate surface area is 153 Å². The third-order valence-corrected chi connectivity index (χ3v) is 5.44. The maximum atomic E-state index is 12.8. The summed E-state index contributed by atoms with van der Waals surface area (Å²) in [4.78, 5) is 29.9. The molecule has 1 aliphatic rings. The summed E-state index contributed by atoms with van der Waals surface area (Å²) in [5.74, 6) is -1.98. The number of hydrogen-bond donors (Lipinski definition) is 1. The third kappa shape index (κ3) is 2.13. The molecule has 1 heterocycles. The van der Waals surface area contributed by atoms with Crippen LogP contribution in [0.15, 0.2) is 51.4 Å². The molecule has 0 aliphatic heterocycles. The number of para-hydroxylation sites is 1. The summed E-state index contributed by atoms with van der Waals surface area (Å²) >= 11 is 6.66. The summed E-state index contributed by atoms with van der Waals surface area (Å²) in [6.45, 7) is 0. The fourth-order valence-corrected chi connectivity index (χ4v) is 3.89. The van der Waals surface area contributed by atoms with Crippen molar-refractivity contribution in [3.8, 4) is 5.75 Å². The molecule has 2 aromatic carbocycles. The van der Waals surface area contributed by atoms with Gasteiger partial charge in [0.05, 0.1) is 9.99 Å². The van der Waals surface area contributed by atoms with Gasteiger partial charge >= 0.3 is 0 Å². The number of carbonyl (C=O) groups is 2. The standard InChI is InChI=1S/C18H9Br2NO3/c19-8-5-6-9-11(7-8)17(23)13(16(9)22)15-18(24)14(20)10-3-1-2-4-12(10)21-15/h1-7,13,24H. The van der Waals surface area contributed by atoms with Crippen molar-refractivity contribution in [1.29, 1.82) is 0 Å². The van der Waals surface area contributed by atoms with Crippen LogP contribution in [0.25, 0.3) is 10.9 Å². The van der Waals surface area contributed by atoms with Gasteiger partial charge in [-0.2, -0.15) is 0 Å². The van der Waals surface area contributed by atoms with E-state index < -0.39 is 5.92 Å². The zero-order valence-corrected chi connectivity index (χ0v) is 15.3. The molecule has 1 unspecified atom stereocenters. The fraction of sp³-hybridized carbons (Fsp3) is 0.0556. The highest BCUT2D eigenvalue weighted by Crippen LogP contribution is 2.42. The first-order valence-electron chi connectivity index (χ1n) is 7.14. The summed E-state index contributed by atoms with van der Waals surface area (Å²) in [6.07, 6.45) is 0. The molecule has 4 rings (SSSR count). The quantitative estimate of drug-likeness (QED) is 0.553. The maximum absolute atomic E-state index is 12.8. The van der Waals surface area contributed by atoms with Crippen molar-refractivity contribution in [2.45, 2.75) is 5.92 Å². The average Bonchev–Trinajstić information content (AvgIpc) is 2.82. The largest absolute Gasteiger partial charge is 0.505 e. The molecule has 0 radical (unpaired) electrons. The lowest BCUT2D eigenvalue weighted by Gasteiger charge is -2.12. The summed E-state index contributed by atoms with van der Waals surface area (Å²) in [7, 11) is 0. The first kappa shape index (κ1) is 15.5. The van der Waals surface area contributed by atoms with Gasteiger partial charge in [-0.3, -0.25) is 9.59 Å². The Balaban J connectivity index is 1.95. The molecule has 0 fully saturated rings. The lowest BCUT2D eigenvalue weighted by molar-refractivity contribution is 0.0886. The van der Waals surface area contributed by atoms with E-state index in [4.69, 9.17) is 0 Å². The van der Waals surface area contributed by atoms with Crippen LogP contribution in [0.4, 0.5) is 0 Å². The number of pyridine rings is 1. The Kier molecular flexibility index (Phi) is 3.54. The van der Waals surface area contributed by atoms with E-state index in [1.54, 1.807) is 30.3 Å². The van der Waals surface area contributed by atoms with E-state index in [1.807, 2.05) is 12.1 Å². The molecule has 24 heavy (non-hydrogen) atoms. The Morgan fingerprint density at radius 1 is 0.958 bits per heavy atom. The van der Waals surface area contributed by atoms with Crippen LogP contribution in [-0.4, -0.2) is 21.7 Å². The molecule has 0 saturated carbocycles. The van der Waals surface area contributed by atoms with Gasteiger partial charge in [0, 0.05) is 21.0 Å². The van der Waals surface area contributed by atoms with E-state index >= 15 is 0 Å². The summed E-state index contributed by atoms with van der Waals surface area (Å²) in [5.41, 5.74) is 1.40. The molecule has 0 amide bonds. The molecule has 1 atom stereocenters. The molecule has 1 aromatic heterocycles. The lowest BCUT2D eigenvalue weighted by atomic mass is 9.97.